The number of carbonyl (C=O) groups excluding carboxylic acids is 1. The van der Waals surface area contributed by atoms with Gasteiger partial charge in [-0.3, -0.25) is 4.79 Å². The fourth-order valence-corrected chi connectivity index (χ4v) is 2.70. The van der Waals surface area contributed by atoms with E-state index in [0.29, 0.717) is 11.3 Å². The molecule has 0 aliphatic rings. The largest absolute Gasteiger partial charge is 0.399 e. The first-order chi connectivity index (χ1) is 8.47. The predicted octanol–water partition coefficient (Wildman–Crippen LogP) is 1.87. The summed E-state index contributed by atoms with van der Waals surface area (Å²) in [5.41, 5.74) is 6.73. The Labute approximate surface area is 119 Å². The Hall–Kier alpha value is -0.720. The van der Waals surface area contributed by atoms with Crippen LogP contribution in [0.15, 0.2) is 22.7 Å². The van der Waals surface area contributed by atoms with Crippen LogP contribution in [0.3, 0.4) is 0 Å². The minimum Gasteiger partial charge on any atom is -0.399 e. The highest BCUT2D eigenvalue weighted by atomic mass is 79.9. The Bertz CT molecular complexity index is 404. The molecule has 1 aromatic carbocycles. The Morgan fingerprint density at radius 1 is 1.56 bits per heavy atom. The molecule has 4 N–H and O–H groups in total. The molecule has 0 aliphatic carbocycles. The number of carbonyl (C=O) groups is 1. The van der Waals surface area contributed by atoms with Crippen molar-refractivity contribution in [1.29, 1.82) is 0 Å². The third-order valence-electron chi connectivity index (χ3n) is 2.58. The second-order valence-corrected chi connectivity index (χ2v) is 5.98. The highest BCUT2D eigenvalue weighted by molar-refractivity contribution is 9.10. The molecule has 0 radical (unpaired) electrons. The van der Waals surface area contributed by atoms with E-state index in [1.807, 2.05) is 13.2 Å². The van der Waals surface area contributed by atoms with Crippen molar-refractivity contribution in [2.45, 2.75) is 18.2 Å². The van der Waals surface area contributed by atoms with Crippen molar-refractivity contribution in [2.24, 2.45) is 0 Å². The van der Waals surface area contributed by atoms with Crippen LogP contribution in [-0.2, 0) is 0 Å². The van der Waals surface area contributed by atoms with E-state index in [2.05, 4.69) is 21.2 Å². The average Bonchev–Trinajstić information content (AvgIpc) is 2.29. The lowest BCUT2D eigenvalue weighted by Crippen LogP contribution is -2.41. The fraction of sp³-hybridized carbons (Fsp3) is 0.417. The molecule has 0 heterocycles. The number of hydrogen-bond acceptors (Lipinski definition) is 4. The summed E-state index contributed by atoms with van der Waals surface area (Å²) in [6, 6.07) is 4.96. The molecule has 1 amide bonds. The molecule has 0 aliphatic heterocycles. The number of aliphatic hydroxyl groups is 1. The number of amides is 1. The molecular weight excluding hydrogens is 316 g/mol. The van der Waals surface area contributed by atoms with E-state index in [-0.39, 0.29) is 23.8 Å². The second-order valence-electron chi connectivity index (χ2n) is 3.99. The number of rotatable bonds is 5. The van der Waals surface area contributed by atoms with Crippen LogP contribution in [0.4, 0.5) is 5.69 Å². The van der Waals surface area contributed by atoms with Crippen molar-refractivity contribution in [2.75, 3.05) is 18.6 Å². The van der Waals surface area contributed by atoms with Crippen LogP contribution in [0.1, 0.15) is 17.3 Å². The zero-order chi connectivity index (χ0) is 13.7. The molecule has 0 spiro atoms. The van der Waals surface area contributed by atoms with Crippen LogP contribution in [-0.4, -0.2) is 35.2 Å². The molecule has 0 saturated heterocycles. The van der Waals surface area contributed by atoms with E-state index in [4.69, 9.17) is 10.8 Å². The van der Waals surface area contributed by atoms with Gasteiger partial charge in [0.25, 0.3) is 5.91 Å². The van der Waals surface area contributed by atoms with Crippen molar-refractivity contribution in [1.82, 2.24) is 5.32 Å². The summed E-state index contributed by atoms with van der Waals surface area (Å²) in [7, 11) is 0. The molecule has 18 heavy (non-hydrogen) atoms. The number of nitrogen functional groups attached to an aromatic ring is 1. The lowest BCUT2D eigenvalue weighted by molar-refractivity contribution is 0.0936. The highest BCUT2D eigenvalue weighted by Crippen LogP contribution is 2.18. The quantitative estimate of drug-likeness (QED) is 0.719. The molecule has 2 unspecified atom stereocenters. The number of anilines is 1. The van der Waals surface area contributed by atoms with Crippen LogP contribution < -0.4 is 11.1 Å². The number of halogens is 1. The third-order valence-corrected chi connectivity index (χ3v) is 4.20. The molecule has 0 bridgehead atoms. The molecule has 2 atom stereocenters. The monoisotopic (exact) mass is 332 g/mol. The fourth-order valence-electron chi connectivity index (χ4n) is 1.56. The van der Waals surface area contributed by atoms with E-state index in [0.717, 1.165) is 4.47 Å². The SMILES string of the molecule is CSC(CO)C(C)NC(=O)c1cc(N)cc(Br)c1. The first-order valence-corrected chi connectivity index (χ1v) is 7.56. The molecule has 1 aromatic rings. The van der Waals surface area contributed by atoms with Crippen molar-refractivity contribution in [3.63, 3.8) is 0 Å². The molecule has 0 fully saturated rings. The number of nitrogens with one attached hydrogen (secondary N) is 1. The number of nitrogens with two attached hydrogens (primary N) is 1. The van der Waals surface area contributed by atoms with E-state index < -0.39 is 0 Å². The second kappa shape index (κ2) is 7.01. The van der Waals surface area contributed by atoms with Gasteiger partial charge >= 0.3 is 0 Å². The number of benzene rings is 1. The van der Waals surface area contributed by atoms with Gasteiger partial charge in [0.1, 0.15) is 0 Å². The molecule has 4 nitrogen and oxygen atoms in total. The maximum absolute atomic E-state index is 12.0. The van der Waals surface area contributed by atoms with Gasteiger partial charge in [-0.2, -0.15) is 11.8 Å². The van der Waals surface area contributed by atoms with E-state index in [9.17, 15) is 4.79 Å². The Morgan fingerprint density at radius 3 is 2.72 bits per heavy atom. The minimum atomic E-state index is -0.192. The number of hydrogen-bond donors (Lipinski definition) is 3. The zero-order valence-corrected chi connectivity index (χ0v) is 12.7. The highest BCUT2D eigenvalue weighted by Gasteiger charge is 2.18. The number of thioether (sulfide) groups is 1. The van der Waals surface area contributed by atoms with E-state index in [1.165, 1.54) is 11.8 Å². The van der Waals surface area contributed by atoms with Gasteiger partial charge in [0.05, 0.1) is 6.61 Å². The van der Waals surface area contributed by atoms with Gasteiger partial charge in [0.2, 0.25) is 0 Å². The summed E-state index contributed by atoms with van der Waals surface area (Å²) in [6.07, 6.45) is 1.90. The van der Waals surface area contributed by atoms with Crippen molar-refractivity contribution in [3.05, 3.63) is 28.2 Å². The van der Waals surface area contributed by atoms with Crippen LogP contribution in [0.5, 0.6) is 0 Å². The van der Waals surface area contributed by atoms with Crippen LogP contribution in [0, 0.1) is 0 Å². The van der Waals surface area contributed by atoms with Crippen molar-refractivity contribution >= 4 is 39.3 Å². The predicted molar refractivity (Wildman–Crippen MR) is 79.9 cm³/mol. The zero-order valence-electron chi connectivity index (χ0n) is 10.3. The first kappa shape index (κ1) is 15.3. The van der Waals surface area contributed by atoms with Crippen LogP contribution >= 0.6 is 27.7 Å². The van der Waals surface area contributed by atoms with Gasteiger partial charge in [-0.05, 0) is 31.4 Å². The Morgan fingerprint density at radius 2 is 2.22 bits per heavy atom. The summed E-state index contributed by atoms with van der Waals surface area (Å²) >= 11 is 4.82. The lowest BCUT2D eigenvalue weighted by atomic mass is 10.1. The Balaban J connectivity index is 2.76. The number of aliphatic hydroxyl groups excluding tert-OH is 1. The summed E-state index contributed by atoms with van der Waals surface area (Å²) in [5.74, 6) is -0.192. The van der Waals surface area contributed by atoms with E-state index >= 15 is 0 Å². The maximum Gasteiger partial charge on any atom is 0.251 e. The average molecular weight is 333 g/mol. The normalized spacial score (nSPS) is 14.0. The smallest absolute Gasteiger partial charge is 0.251 e. The van der Waals surface area contributed by atoms with Gasteiger partial charge in [-0.1, -0.05) is 15.9 Å². The van der Waals surface area contributed by atoms with Crippen molar-refractivity contribution < 1.29 is 9.90 Å². The Kier molecular flexibility index (Phi) is 5.98. The summed E-state index contributed by atoms with van der Waals surface area (Å²) < 4.78 is 0.767. The standard InChI is InChI=1S/C12H17BrN2O2S/c1-7(11(6-16)18-2)15-12(17)8-3-9(13)5-10(14)4-8/h3-5,7,11,16H,6,14H2,1-2H3,(H,15,17). The van der Waals surface area contributed by atoms with Crippen LogP contribution in [0.25, 0.3) is 0 Å². The van der Waals surface area contributed by atoms with E-state index in [1.54, 1.807) is 18.2 Å². The van der Waals surface area contributed by atoms with Gasteiger partial charge in [0.15, 0.2) is 0 Å². The lowest BCUT2D eigenvalue weighted by Gasteiger charge is -2.21. The van der Waals surface area contributed by atoms with Gasteiger partial charge in [0, 0.05) is 27.0 Å². The topological polar surface area (TPSA) is 75.3 Å². The first-order valence-electron chi connectivity index (χ1n) is 5.48. The third kappa shape index (κ3) is 4.19. The summed E-state index contributed by atoms with van der Waals surface area (Å²) in [4.78, 5) is 12.0. The van der Waals surface area contributed by atoms with Gasteiger partial charge < -0.3 is 16.2 Å². The summed E-state index contributed by atoms with van der Waals surface area (Å²) in [5, 5.41) is 12.0. The molecule has 0 saturated carbocycles. The molecular formula is C12H17BrN2O2S. The minimum absolute atomic E-state index is 0.0153. The van der Waals surface area contributed by atoms with Crippen molar-refractivity contribution in [3.8, 4) is 0 Å². The van der Waals surface area contributed by atoms with Gasteiger partial charge in [-0.25, -0.2) is 0 Å². The molecule has 1 rings (SSSR count). The maximum atomic E-state index is 12.0. The molecule has 100 valence electrons. The van der Waals surface area contributed by atoms with Gasteiger partial charge in [-0.15, -0.1) is 0 Å². The van der Waals surface area contributed by atoms with Crippen LogP contribution in [0.2, 0.25) is 0 Å². The summed E-state index contributed by atoms with van der Waals surface area (Å²) in [6.45, 7) is 1.90. The molecule has 0 aromatic heterocycles. The molecule has 6 heteroatoms.